The molecule has 100 valence electrons. The minimum Gasteiger partial charge on any atom is -0.248 e. The molecule has 1 aliphatic rings. The number of halogens is 5. The molecule has 1 aliphatic carbocycles. The summed E-state index contributed by atoms with van der Waals surface area (Å²) in [5, 5.41) is 0. The molecular formula is C13H10BF5. The van der Waals surface area contributed by atoms with E-state index in [0.717, 1.165) is 12.2 Å². The lowest BCUT2D eigenvalue weighted by molar-refractivity contribution is 0.316. The van der Waals surface area contributed by atoms with Gasteiger partial charge in [-0.15, -0.1) is 0 Å². The Morgan fingerprint density at radius 2 is 1.84 bits per heavy atom. The summed E-state index contributed by atoms with van der Waals surface area (Å²) in [5.74, 6) is -4.24. The van der Waals surface area contributed by atoms with Gasteiger partial charge >= 0.3 is 0 Å². The summed E-state index contributed by atoms with van der Waals surface area (Å²) in [6.07, 6.45) is 2.84. The van der Waals surface area contributed by atoms with E-state index in [1.165, 1.54) is 13.0 Å². The Balaban J connectivity index is 2.37. The lowest BCUT2D eigenvalue weighted by Gasteiger charge is -2.23. The maximum Gasteiger partial charge on any atom is 0.213 e. The predicted molar refractivity (Wildman–Crippen MR) is 64.6 cm³/mol. The number of allylic oxidation sites excluding steroid dienone is 4. The van der Waals surface area contributed by atoms with Crippen LogP contribution in [0.4, 0.5) is 22.0 Å². The van der Waals surface area contributed by atoms with Gasteiger partial charge in [-0.2, -0.15) is 0 Å². The molecule has 6 heteroatoms. The minimum atomic E-state index is -2.13. The molecule has 0 radical (unpaired) electrons. The van der Waals surface area contributed by atoms with Crippen LogP contribution in [0.5, 0.6) is 0 Å². The molecular weight excluding hydrogens is 262 g/mol. The van der Waals surface area contributed by atoms with Gasteiger partial charge in [-0.1, -0.05) is 12.2 Å². The first kappa shape index (κ1) is 13.8. The molecule has 0 saturated heterocycles. The van der Waals surface area contributed by atoms with E-state index in [2.05, 4.69) is 0 Å². The molecule has 0 spiro atoms. The summed E-state index contributed by atoms with van der Waals surface area (Å²) < 4.78 is 67.4. The van der Waals surface area contributed by atoms with E-state index >= 15 is 0 Å². The lowest BCUT2D eigenvalue weighted by Crippen LogP contribution is -2.41. The zero-order valence-corrected chi connectivity index (χ0v) is 10.1. The average Bonchev–Trinajstić information content (AvgIpc) is 2.32. The van der Waals surface area contributed by atoms with Crippen LogP contribution in [-0.4, -0.2) is 12.8 Å². The molecule has 1 unspecified atom stereocenters. The van der Waals surface area contributed by atoms with Gasteiger partial charge in [0, 0.05) is 12.5 Å². The second-order valence-electron chi connectivity index (χ2n) is 4.62. The van der Waals surface area contributed by atoms with Crippen molar-refractivity contribution in [1.29, 1.82) is 0 Å². The Labute approximate surface area is 107 Å². The van der Waals surface area contributed by atoms with E-state index in [4.69, 9.17) is 0 Å². The summed E-state index contributed by atoms with van der Waals surface area (Å²) in [5.41, 5.74) is -2.70. The smallest absolute Gasteiger partial charge is 0.213 e. The Morgan fingerprint density at radius 3 is 2.47 bits per heavy atom. The molecule has 2 rings (SSSR count). The standard InChI is InChI=1S/C13H10BF5/c1-7-11(9(16)5-10(17)12(7)18)14-13(19)4-2-3-8(15)6-13/h2-5,14H,6H2,1H3. The first-order chi connectivity index (χ1) is 8.82. The van der Waals surface area contributed by atoms with Gasteiger partial charge in [-0.05, 0) is 24.0 Å². The number of benzene rings is 1. The Morgan fingerprint density at radius 1 is 1.16 bits per heavy atom. The van der Waals surface area contributed by atoms with E-state index in [0.29, 0.717) is 6.07 Å². The number of rotatable bonds is 2. The van der Waals surface area contributed by atoms with Crippen LogP contribution in [0.1, 0.15) is 12.0 Å². The van der Waals surface area contributed by atoms with Crippen LogP contribution in [0.3, 0.4) is 0 Å². The summed E-state index contributed by atoms with van der Waals surface area (Å²) >= 11 is 0. The van der Waals surface area contributed by atoms with Crippen LogP contribution in [0, 0.1) is 24.4 Å². The fourth-order valence-corrected chi connectivity index (χ4v) is 2.11. The van der Waals surface area contributed by atoms with Gasteiger partial charge in [0.2, 0.25) is 7.28 Å². The predicted octanol–water partition coefficient (Wildman–Crippen LogP) is 2.95. The van der Waals surface area contributed by atoms with Crippen molar-refractivity contribution in [3.8, 4) is 0 Å². The molecule has 0 N–H and O–H groups in total. The van der Waals surface area contributed by atoms with Crippen molar-refractivity contribution in [1.82, 2.24) is 0 Å². The molecule has 1 aromatic carbocycles. The van der Waals surface area contributed by atoms with Gasteiger partial charge in [0.1, 0.15) is 17.2 Å². The normalized spacial score (nSPS) is 22.3. The van der Waals surface area contributed by atoms with Gasteiger partial charge in [0.15, 0.2) is 11.6 Å². The second kappa shape index (κ2) is 4.83. The minimum absolute atomic E-state index is 0.277. The zero-order chi connectivity index (χ0) is 14.2. The number of alkyl halides is 1. The second-order valence-corrected chi connectivity index (χ2v) is 4.62. The third-order valence-corrected chi connectivity index (χ3v) is 3.14. The van der Waals surface area contributed by atoms with Gasteiger partial charge in [0.05, 0.1) is 0 Å². The highest BCUT2D eigenvalue weighted by Gasteiger charge is 2.34. The van der Waals surface area contributed by atoms with Crippen molar-refractivity contribution >= 4 is 12.7 Å². The van der Waals surface area contributed by atoms with Gasteiger partial charge < -0.3 is 0 Å². The highest BCUT2D eigenvalue weighted by molar-refractivity contribution is 6.58. The molecule has 0 bridgehead atoms. The molecule has 0 fully saturated rings. The van der Waals surface area contributed by atoms with Gasteiger partial charge in [-0.3, -0.25) is 0 Å². The number of hydrogen-bond acceptors (Lipinski definition) is 0. The van der Waals surface area contributed by atoms with Crippen LogP contribution in [0.25, 0.3) is 0 Å². The van der Waals surface area contributed by atoms with Crippen molar-refractivity contribution in [3.63, 3.8) is 0 Å². The van der Waals surface area contributed by atoms with Crippen LogP contribution < -0.4 is 5.46 Å². The third kappa shape index (κ3) is 2.72. The van der Waals surface area contributed by atoms with Gasteiger partial charge in [-0.25, -0.2) is 22.0 Å². The van der Waals surface area contributed by atoms with Crippen molar-refractivity contribution in [2.45, 2.75) is 18.9 Å². The van der Waals surface area contributed by atoms with E-state index in [9.17, 15) is 22.0 Å². The topological polar surface area (TPSA) is 0 Å². The van der Waals surface area contributed by atoms with Crippen LogP contribution in [0.15, 0.2) is 30.1 Å². The zero-order valence-electron chi connectivity index (χ0n) is 10.1. The van der Waals surface area contributed by atoms with Crippen LogP contribution in [0.2, 0.25) is 0 Å². The van der Waals surface area contributed by atoms with E-state index in [1.54, 1.807) is 0 Å². The Kier molecular flexibility index (Phi) is 3.52. The highest BCUT2D eigenvalue weighted by atomic mass is 19.2. The monoisotopic (exact) mass is 272 g/mol. The highest BCUT2D eigenvalue weighted by Crippen LogP contribution is 2.27. The quantitative estimate of drug-likeness (QED) is 0.441. The summed E-state index contributed by atoms with van der Waals surface area (Å²) in [7, 11) is -0.542. The van der Waals surface area contributed by atoms with Crippen molar-refractivity contribution in [2.75, 3.05) is 0 Å². The molecule has 0 aliphatic heterocycles. The van der Waals surface area contributed by atoms with E-state index in [1.807, 2.05) is 0 Å². The summed E-state index contributed by atoms with van der Waals surface area (Å²) in [6.45, 7) is 1.17. The van der Waals surface area contributed by atoms with Gasteiger partial charge in [0.25, 0.3) is 0 Å². The molecule has 19 heavy (non-hydrogen) atoms. The molecule has 0 heterocycles. The first-order valence-electron chi connectivity index (χ1n) is 5.68. The SMILES string of the molecule is Cc1c(F)c(F)cc(F)c1BC1(F)C=CC=C(F)C1. The largest absolute Gasteiger partial charge is 0.248 e. The maximum absolute atomic E-state index is 14.4. The van der Waals surface area contributed by atoms with Crippen LogP contribution in [-0.2, 0) is 0 Å². The fourth-order valence-electron chi connectivity index (χ4n) is 2.11. The van der Waals surface area contributed by atoms with Crippen LogP contribution >= 0.6 is 0 Å². The maximum atomic E-state index is 14.4. The first-order valence-corrected chi connectivity index (χ1v) is 5.68. The van der Waals surface area contributed by atoms with E-state index < -0.39 is 42.5 Å². The number of hydrogen-bond donors (Lipinski definition) is 0. The third-order valence-electron chi connectivity index (χ3n) is 3.14. The fraction of sp³-hybridized carbons (Fsp3) is 0.231. The average molecular weight is 272 g/mol. The Hall–Kier alpha value is -1.59. The molecule has 0 saturated carbocycles. The molecule has 1 aromatic rings. The van der Waals surface area contributed by atoms with Crippen molar-refractivity contribution in [2.24, 2.45) is 0 Å². The molecule has 0 nitrogen and oxygen atoms in total. The van der Waals surface area contributed by atoms with E-state index in [-0.39, 0.29) is 11.0 Å². The van der Waals surface area contributed by atoms with Crippen molar-refractivity contribution in [3.05, 3.63) is 53.1 Å². The molecule has 1 atom stereocenters. The lowest BCUT2D eigenvalue weighted by atomic mass is 9.53. The molecule has 0 amide bonds. The Bertz CT molecular complexity index is 579. The van der Waals surface area contributed by atoms with Crippen molar-refractivity contribution < 1.29 is 22.0 Å². The summed E-state index contributed by atoms with van der Waals surface area (Å²) in [4.78, 5) is 0. The molecule has 0 aromatic heterocycles. The summed E-state index contributed by atoms with van der Waals surface area (Å²) in [6, 6.07) is 0.375.